The molecule has 0 bridgehead atoms. The van der Waals surface area contributed by atoms with Crippen LogP contribution < -0.4 is 11.5 Å². The molecule has 1 aliphatic heterocycles. The number of primary amides is 1. The molecule has 1 fully saturated rings. The first kappa shape index (κ1) is 28.1. The molecule has 3 aromatic rings. The fraction of sp³-hybridized carbons (Fsp3) is 0.481. The average Bonchev–Trinajstić information content (AvgIpc) is 3.42. The van der Waals surface area contributed by atoms with Gasteiger partial charge in [-0.25, -0.2) is 18.3 Å². The van der Waals surface area contributed by atoms with Crippen LogP contribution in [0.4, 0.5) is 19.4 Å². The van der Waals surface area contributed by atoms with Crippen LogP contribution in [-0.4, -0.2) is 55.2 Å². The summed E-state index contributed by atoms with van der Waals surface area (Å²) in [6, 6.07) is 6.06. The van der Waals surface area contributed by atoms with E-state index in [9.17, 15) is 18.4 Å². The Bertz CT molecular complexity index is 1320. The molecule has 2 amide bonds. The molecule has 0 spiro atoms. The Kier molecular flexibility index (Phi) is 8.22. The van der Waals surface area contributed by atoms with Crippen molar-refractivity contribution in [2.24, 2.45) is 5.73 Å². The van der Waals surface area contributed by atoms with Crippen molar-refractivity contribution in [3.05, 3.63) is 53.3 Å². The van der Waals surface area contributed by atoms with Gasteiger partial charge in [-0.2, -0.15) is 10.2 Å². The quantitative estimate of drug-likeness (QED) is 0.460. The van der Waals surface area contributed by atoms with Crippen molar-refractivity contribution in [3.8, 4) is 11.3 Å². The number of hydrogen-bond donors (Lipinski definition) is 2. The lowest BCUT2D eigenvalue weighted by Crippen LogP contribution is -2.39. The number of benzene rings is 1. The van der Waals surface area contributed by atoms with Crippen molar-refractivity contribution >= 4 is 17.8 Å². The van der Waals surface area contributed by atoms with Crippen LogP contribution in [0.2, 0.25) is 0 Å². The van der Waals surface area contributed by atoms with Crippen LogP contribution in [-0.2, 0) is 11.3 Å². The Morgan fingerprint density at radius 1 is 1.18 bits per heavy atom. The molecular weight excluding hydrogens is 508 g/mol. The van der Waals surface area contributed by atoms with Crippen LogP contribution in [0.5, 0.6) is 0 Å². The number of aromatic nitrogens is 4. The van der Waals surface area contributed by atoms with Crippen molar-refractivity contribution in [3.63, 3.8) is 0 Å². The molecular formula is C27H35F2N7O3. The monoisotopic (exact) mass is 543 g/mol. The summed E-state index contributed by atoms with van der Waals surface area (Å²) in [7, 11) is 0. The number of halogens is 2. The number of ether oxygens (including phenoxy) is 1. The third kappa shape index (κ3) is 6.73. The SMILES string of the molecule is CC(C)(C)OC(=O)N1CCCC(n2nc(-c3cnn(Cc4cccc(C(F)F)c4)c3)c(C(N)=O)c2N)CCC1. The van der Waals surface area contributed by atoms with Crippen molar-refractivity contribution in [1.29, 1.82) is 0 Å². The Hall–Kier alpha value is -3.96. The number of alkyl halides is 2. The van der Waals surface area contributed by atoms with Crippen LogP contribution in [0.3, 0.4) is 0 Å². The molecule has 1 aliphatic rings. The van der Waals surface area contributed by atoms with E-state index in [-0.39, 0.29) is 35.6 Å². The number of carbonyl (C=O) groups excluding carboxylic acids is 2. The molecule has 0 aliphatic carbocycles. The number of carbonyl (C=O) groups is 2. The molecule has 1 aromatic carbocycles. The molecule has 4 rings (SSSR count). The minimum absolute atomic E-state index is 0.0594. The molecule has 0 radical (unpaired) electrons. The lowest BCUT2D eigenvalue weighted by Gasteiger charge is -2.30. The number of rotatable bonds is 6. The van der Waals surface area contributed by atoms with E-state index in [2.05, 4.69) is 5.10 Å². The maximum absolute atomic E-state index is 13.1. The molecule has 210 valence electrons. The van der Waals surface area contributed by atoms with Gasteiger partial charge in [0.05, 0.1) is 18.8 Å². The number of amides is 2. The van der Waals surface area contributed by atoms with E-state index in [4.69, 9.17) is 21.3 Å². The number of anilines is 1. The topological polar surface area (TPSA) is 134 Å². The Morgan fingerprint density at radius 3 is 2.49 bits per heavy atom. The fourth-order valence-electron chi connectivity index (χ4n) is 4.80. The number of nitrogens with two attached hydrogens (primary N) is 2. The van der Waals surface area contributed by atoms with Crippen molar-refractivity contribution in [1.82, 2.24) is 24.5 Å². The van der Waals surface area contributed by atoms with Gasteiger partial charge in [-0.15, -0.1) is 0 Å². The number of likely N-dealkylation sites (tertiary alicyclic amines) is 1. The van der Waals surface area contributed by atoms with Gasteiger partial charge in [-0.3, -0.25) is 9.48 Å². The van der Waals surface area contributed by atoms with Crippen molar-refractivity contribution in [2.75, 3.05) is 18.8 Å². The summed E-state index contributed by atoms with van der Waals surface area (Å²) in [5.41, 5.74) is 13.1. The van der Waals surface area contributed by atoms with Gasteiger partial charge in [-0.1, -0.05) is 18.2 Å². The number of nitrogens with zero attached hydrogens (tertiary/aromatic N) is 5. The maximum atomic E-state index is 13.1. The molecule has 1 saturated heterocycles. The summed E-state index contributed by atoms with van der Waals surface area (Å²) in [6.45, 7) is 6.87. The van der Waals surface area contributed by atoms with Gasteiger partial charge in [-0.05, 0) is 58.1 Å². The second-order valence-electron chi connectivity index (χ2n) is 10.8. The molecule has 39 heavy (non-hydrogen) atoms. The molecule has 0 unspecified atom stereocenters. The first-order valence-electron chi connectivity index (χ1n) is 13.0. The highest BCUT2D eigenvalue weighted by molar-refractivity contribution is 6.03. The standard InChI is InChI=1S/C27H35F2N7O3/c1-27(2,3)39-26(38)34-11-5-9-20(10-6-12-34)36-24(30)21(25(31)37)22(33-36)19-14-32-35(16-19)15-17-7-4-8-18(13-17)23(28)29/h4,7-8,13-14,16,20,23H,5-6,9-12,15,30H2,1-3H3,(H2,31,37). The van der Waals surface area contributed by atoms with E-state index in [1.54, 1.807) is 38.8 Å². The van der Waals surface area contributed by atoms with Crippen LogP contribution in [0.15, 0.2) is 36.7 Å². The predicted molar refractivity (Wildman–Crippen MR) is 142 cm³/mol. The smallest absolute Gasteiger partial charge is 0.410 e. The highest BCUT2D eigenvalue weighted by Gasteiger charge is 2.28. The van der Waals surface area contributed by atoms with E-state index < -0.39 is 17.9 Å². The minimum Gasteiger partial charge on any atom is -0.444 e. The minimum atomic E-state index is -2.56. The molecule has 4 N–H and O–H groups in total. The van der Waals surface area contributed by atoms with Gasteiger partial charge < -0.3 is 21.1 Å². The third-order valence-electron chi connectivity index (χ3n) is 6.58. The summed E-state index contributed by atoms with van der Waals surface area (Å²) < 4.78 is 34.9. The summed E-state index contributed by atoms with van der Waals surface area (Å²) >= 11 is 0. The second kappa shape index (κ2) is 11.4. The lowest BCUT2D eigenvalue weighted by molar-refractivity contribution is 0.0228. The molecule has 12 heteroatoms. The maximum Gasteiger partial charge on any atom is 0.410 e. The van der Waals surface area contributed by atoms with Gasteiger partial charge in [0.25, 0.3) is 12.3 Å². The first-order chi connectivity index (χ1) is 18.4. The zero-order chi connectivity index (χ0) is 28.3. The zero-order valence-electron chi connectivity index (χ0n) is 22.4. The summed E-state index contributed by atoms with van der Waals surface area (Å²) in [5, 5.41) is 9.02. The summed E-state index contributed by atoms with van der Waals surface area (Å²) in [4.78, 5) is 26.6. The van der Waals surface area contributed by atoms with Gasteiger partial charge in [0, 0.05) is 30.4 Å². The second-order valence-corrected chi connectivity index (χ2v) is 10.8. The van der Waals surface area contributed by atoms with E-state index in [1.165, 1.54) is 12.1 Å². The Labute approximate surface area is 225 Å². The average molecular weight is 544 g/mol. The van der Waals surface area contributed by atoms with Crippen molar-refractivity contribution < 1.29 is 23.1 Å². The van der Waals surface area contributed by atoms with Crippen LogP contribution in [0.25, 0.3) is 11.3 Å². The van der Waals surface area contributed by atoms with E-state index >= 15 is 0 Å². The molecule has 2 aromatic heterocycles. The lowest BCUT2D eigenvalue weighted by atomic mass is 10.0. The summed E-state index contributed by atoms with van der Waals surface area (Å²) in [5.74, 6) is -0.516. The van der Waals surface area contributed by atoms with Crippen LogP contribution >= 0.6 is 0 Å². The van der Waals surface area contributed by atoms with E-state index in [1.807, 2.05) is 20.8 Å². The molecule has 0 saturated carbocycles. The summed E-state index contributed by atoms with van der Waals surface area (Å²) in [6.07, 6.45) is 3.16. The van der Waals surface area contributed by atoms with E-state index in [0.29, 0.717) is 55.6 Å². The van der Waals surface area contributed by atoms with Gasteiger partial charge >= 0.3 is 6.09 Å². The van der Waals surface area contributed by atoms with Gasteiger partial charge in [0.2, 0.25) is 0 Å². The number of hydrogen-bond acceptors (Lipinski definition) is 6. The fourth-order valence-corrected chi connectivity index (χ4v) is 4.80. The largest absolute Gasteiger partial charge is 0.444 e. The van der Waals surface area contributed by atoms with Crippen molar-refractivity contribution in [2.45, 2.75) is 71.1 Å². The third-order valence-corrected chi connectivity index (χ3v) is 6.58. The highest BCUT2D eigenvalue weighted by atomic mass is 19.3. The molecule has 0 atom stereocenters. The predicted octanol–water partition coefficient (Wildman–Crippen LogP) is 4.77. The normalized spacial score (nSPS) is 15.3. The Morgan fingerprint density at radius 2 is 1.87 bits per heavy atom. The Balaban J connectivity index is 1.52. The van der Waals surface area contributed by atoms with Gasteiger partial charge in [0.1, 0.15) is 22.7 Å². The first-order valence-corrected chi connectivity index (χ1v) is 13.0. The van der Waals surface area contributed by atoms with Crippen LogP contribution in [0.1, 0.15) is 80.4 Å². The zero-order valence-corrected chi connectivity index (χ0v) is 22.4. The molecule has 10 nitrogen and oxygen atoms in total. The van der Waals surface area contributed by atoms with Gasteiger partial charge in [0.15, 0.2) is 0 Å². The van der Waals surface area contributed by atoms with E-state index in [0.717, 1.165) is 0 Å². The number of nitrogen functional groups attached to an aromatic ring is 1. The molecule has 3 heterocycles. The highest BCUT2D eigenvalue weighted by Crippen LogP contribution is 2.33. The van der Waals surface area contributed by atoms with Crippen LogP contribution in [0, 0.1) is 0 Å².